The van der Waals surface area contributed by atoms with E-state index in [-0.39, 0.29) is 23.4 Å². The summed E-state index contributed by atoms with van der Waals surface area (Å²) in [7, 11) is 0. The van der Waals surface area contributed by atoms with Gasteiger partial charge in [0, 0.05) is 23.8 Å². The first-order chi connectivity index (χ1) is 13.0. The van der Waals surface area contributed by atoms with Gasteiger partial charge in [-0.1, -0.05) is 30.3 Å². The number of hydrogen-bond acceptors (Lipinski definition) is 2. The fourth-order valence-corrected chi connectivity index (χ4v) is 3.29. The summed E-state index contributed by atoms with van der Waals surface area (Å²) in [5.41, 5.74) is 0.744. The minimum absolute atomic E-state index is 0.0116. The number of alkyl halides is 3. The van der Waals surface area contributed by atoms with Gasteiger partial charge in [0.15, 0.2) is 0 Å². The molecule has 0 saturated heterocycles. The molecular formula is C22H25F3N2O. The molecule has 0 bridgehead atoms. The first-order valence-corrected chi connectivity index (χ1v) is 9.34. The number of hydrogen-bond donors (Lipinski definition) is 1. The van der Waals surface area contributed by atoms with Gasteiger partial charge in [-0.15, -0.1) is 0 Å². The zero-order valence-electron chi connectivity index (χ0n) is 16.3. The molecule has 1 amide bonds. The van der Waals surface area contributed by atoms with Crippen LogP contribution in [-0.2, 0) is 17.5 Å². The third-order valence-corrected chi connectivity index (χ3v) is 4.71. The maximum atomic E-state index is 12.9. The minimum Gasteiger partial charge on any atom is -0.363 e. The van der Waals surface area contributed by atoms with Crippen molar-refractivity contribution < 1.29 is 18.0 Å². The number of anilines is 1. The maximum absolute atomic E-state index is 12.9. The summed E-state index contributed by atoms with van der Waals surface area (Å²) in [6, 6.07) is 14.9. The third kappa shape index (κ3) is 5.06. The van der Waals surface area contributed by atoms with Crippen LogP contribution in [0.5, 0.6) is 0 Å². The molecule has 1 aliphatic rings. The Labute approximate surface area is 163 Å². The highest BCUT2D eigenvalue weighted by atomic mass is 19.4. The van der Waals surface area contributed by atoms with Crippen LogP contribution in [0.1, 0.15) is 38.3 Å². The first kappa shape index (κ1) is 20.2. The van der Waals surface area contributed by atoms with Gasteiger partial charge in [-0.3, -0.25) is 4.79 Å². The molecule has 0 aliphatic heterocycles. The van der Waals surface area contributed by atoms with Gasteiger partial charge in [-0.25, -0.2) is 0 Å². The van der Waals surface area contributed by atoms with Crippen molar-refractivity contribution in [1.82, 2.24) is 5.32 Å². The van der Waals surface area contributed by atoms with Crippen molar-refractivity contribution in [1.29, 1.82) is 0 Å². The van der Waals surface area contributed by atoms with E-state index in [0.717, 1.165) is 17.7 Å². The van der Waals surface area contributed by atoms with Gasteiger partial charge in [0.1, 0.15) is 0 Å². The molecule has 1 N–H and O–H groups in total. The van der Waals surface area contributed by atoms with Gasteiger partial charge in [0.05, 0.1) is 11.5 Å². The van der Waals surface area contributed by atoms with Gasteiger partial charge < -0.3 is 10.2 Å². The van der Waals surface area contributed by atoms with Crippen molar-refractivity contribution in [2.24, 2.45) is 5.92 Å². The molecule has 2 aromatic carbocycles. The van der Waals surface area contributed by atoms with Gasteiger partial charge in [-0.2, -0.15) is 13.2 Å². The van der Waals surface area contributed by atoms with Crippen LogP contribution in [0.2, 0.25) is 0 Å². The number of nitrogens with zero attached hydrogens (tertiary/aromatic N) is 1. The van der Waals surface area contributed by atoms with E-state index in [0.29, 0.717) is 18.7 Å². The molecule has 150 valence electrons. The lowest BCUT2D eigenvalue weighted by Gasteiger charge is -2.27. The fraction of sp³-hybridized carbons (Fsp3) is 0.409. The molecule has 0 aromatic heterocycles. The molecule has 1 fully saturated rings. The second-order valence-electron chi connectivity index (χ2n) is 8.31. The maximum Gasteiger partial charge on any atom is 0.416 e. The Morgan fingerprint density at radius 1 is 1.04 bits per heavy atom. The van der Waals surface area contributed by atoms with Gasteiger partial charge in [0.2, 0.25) is 5.91 Å². The summed E-state index contributed by atoms with van der Waals surface area (Å²) in [6.07, 6.45) is -3.67. The topological polar surface area (TPSA) is 32.3 Å². The van der Waals surface area contributed by atoms with Crippen LogP contribution >= 0.6 is 0 Å². The summed E-state index contributed by atoms with van der Waals surface area (Å²) in [5, 5.41) is 3.00. The number of amides is 1. The Morgan fingerprint density at radius 2 is 1.64 bits per heavy atom. The zero-order chi connectivity index (χ0) is 20.5. The molecule has 0 radical (unpaired) electrons. The minimum atomic E-state index is -4.36. The normalized spacial score (nSPS) is 19.2. The molecule has 6 heteroatoms. The van der Waals surface area contributed by atoms with E-state index in [1.807, 2.05) is 56.0 Å². The Balaban J connectivity index is 1.82. The fourth-order valence-electron chi connectivity index (χ4n) is 3.29. The summed E-state index contributed by atoms with van der Waals surface area (Å²) in [5.74, 6) is -0.173. The highest BCUT2D eigenvalue weighted by Gasteiger charge is 2.47. The van der Waals surface area contributed by atoms with Gasteiger partial charge in [-0.05, 0) is 57.0 Å². The second-order valence-corrected chi connectivity index (χ2v) is 8.31. The average molecular weight is 390 g/mol. The Kier molecular flexibility index (Phi) is 5.41. The number of nitrogens with one attached hydrogen (secondary N) is 1. The van der Waals surface area contributed by atoms with Crippen LogP contribution in [0.4, 0.5) is 18.9 Å². The Hall–Kier alpha value is -2.50. The number of benzene rings is 2. The molecule has 28 heavy (non-hydrogen) atoms. The van der Waals surface area contributed by atoms with Crippen LogP contribution in [-0.4, -0.2) is 17.5 Å². The number of carbonyl (C=O) groups is 1. The van der Waals surface area contributed by atoms with E-state index in [9.17, 15) is 18.0 Å². The molecular weight excluding hydrogens is 365 g/mol. The molecule has 3 rings (SSSR count). The van der Waals surface area contributed by atoms with Crippen LogP contribution in [0.15, 0.2) is 54.6 Å². The lowest BCUT2D eigenvalue weighted by Crippen LogP contribution is -2.43. The SMILES string of the molecule is CC(C)(C)NC(=O)[C@@H]1C[C@H]1N(Cc1ccccc1)c1ccc(C(F)(F)F)cc1. The van der Waals surface area contributed by atoms with Crippen molar-refractivity contribution in [3.8, 4) is 0 Å². The molecule has 2 aromatic rings. The predicted molar refractivity (Wildman–Crippen MR) is 104 cm³/mol. The number of rotatable bonds is 5. The lowest BCUT2D eigenvalue weighted by molar-refractivity contribution is -0.137. The van der Waals surface area contributed by atoms with E-state index < -0.39 is 11.7 Å². The van der Waals surface area contributed by atoms with Crippen molar-refractivity contribution in [3.05, 3.63) is 65.7 Å². The van der Waals surface area contributed by atoms with E-state index in [2.05, 4.69) is 5.32 Å². The third-order valence-electron chi connectivity index (χ3n) is 4.71. The van der Waals surface area contributed by atoms with Crippen molar-refractivity contribution in [2.75, 3.05) is 4.90 Å². The van der Waals surface area contributed by atoms with E-state index in [1.54, 1.807) is 0 Å². The molecule has 1 saturated carbocycles. The number of halogens is 3. The summed E-state index contributed by atoms with van der Waals surface area (Å²) in [6.45, 7) is 6.33. The lowest BCUT2D eigenvalue weighted by atomic mass is 10.1. The number of carbonyl (C=O) groups excluding carboxylic acids is 1. The monoisotopic (exact) mass is 390 g/mol. The first-order valence-electron chi connectivity index (χ1n) is 9.34. The largest absolute Gasteiger partial charge is 0.416 e. The molecule has 0 heterocycles. The van der Waals surface area contributed by atoms with Crippen molar-refractivity contribution >= 4 is 11.6 Å². The van der Waals surface area contributed by atoms with E-state index in [4.69, 9.17) is 0 Å². The second kappa shape index (κ2) is 7.49. The standard InChI is InChI=1S/C22H25F3N2O/c1-21(2,3)26-20(28)18-13-19(18)27(14-15-7-5-4-6-8-15)17-11-9-16(10-12-17)22(23,24)25/h4-12,18-19H,13-14H2,1-3H3,(H,26,28)/t18-,19-/m1/s1. The Morgan fingerprint density at radius 3 is 2.18 bits per heavy atom. The summed E-state index contributed by atoms with van der Waals surface area (Å²) >= 11 is 0. The van der Waals surface area contributed by atoms with Crippen molar-refractivity contribution in [3.63, 3.8) is 0 Å². The van der Waals surface area contributed by atoms with Crippen LogP contribution in [0.3, 0.4) is 0 Å². The smallest absolute Gasteiger partial charge is 0.363 e. The highest BCUT2D eigenvalue weighted by molar-refractivity contribution is 5.84. The molecule has 1 aliphatic carbocycles. The summed E-state index contributed by atoms with van der Waals surface area (Å²) in [4.78, 5) is 14.5. The quantitative estimate of drug-likeness (QED) is 0.778. The highest BCUT2D eigenvalue weighted by Crippen LogP contribution is 2.40. The molecule has 0 spiro atoms. The zero-order valence-corrected chi connectivity index (χ0v) is 16.3. The predicted octanol–water partition coefficient (Wildman–Crippen LogP) is 5.02. The molecule has 3 nitrogen and oxygen atoms in total. The van der Waals surface area contributed by atoms with Gasteiger partial charge in [0.25, 0.3) is 0 Å². The van der Waals surface area contributed by atoms with Crippen LogP contribution in [0.25, 0.3) is 0 Å². The molecule has 2 atom stereocenters. The van der Waals surface area contributed by atoms with Gasteiger partial charge >= 0.3 is 6.18 Å². The molecule has 0 unspecified atom stereocenters. The van der Waals surface area contributed by atoms with E-state index >= 15 is 0 Å². The summed E-state index contributed by atoms with van der Waals surface area (Å²) < 4.78 is 38.7. The van der Waals surface area contributed by atoms with Crippen LogP contribution in [0, 0.1) is 5.92 Å². The average Bonchev–Trinajstić information content (AvgIpc) is 3.39. The van der Waals surface area contributed by atoms with Crippen LogP contribution < -0.4 is 10.2 Å². The van der Waals surface area contributed by atoms with E-state index in [1.165, 1.54) is 12.1 Å². The Bertz CT molecular complexity index is 810. The van der Waals surface area contributed by atoms with Crippen molar-refractivity contribution in [2.45, 2.75) is 51.5 Å².